The van der Waals surface area contributed by atoms with Gasteiger partial charge >= 0.3 is 21.7 Å². The third-order valence-corrected chi connectivity index (χ3v) is 11.1. The monoisotopic (exact) mass is 619 g/mol. The van der Waals surface area contributed by atoms with Gasteiger partial charge in [-0.25, -0.2) is 30.0 Å². The standard InChI is InChI=1S/C21H19F6N3O6S3/c22-20(23,24)15-6-7-16(37(31,32)14-4-2-1-3-5-14)19-18(15)17(12-28-19)38(33,34)29-13-8-10-30(11-9-13)39(35,36)21(25,26)27/h1-7,12-13,28-29H,8-11H2. The van der Waals surface area contributed by atoms with Crippen LogP contribution in [0, 0.1) is 0 Å². The van der Waals surface area contributed by atoms with E-state index in [0.29, 0.717) is 18.3 Å². The molecule has 2 heterocycles. The third kappa shape index (κ3) is 5.39. The van der Waals surface area contributed by atoms with Gasteiger partial charge in [0.05, 0.1) is 20.9 Å². The summed E-state index contributed by atoms with van der Waals surface area (Å²) < 4.78 is 158. The summed E-state index contributed by atoms with van der Waals surface area (Å²) >= 11 is 0. The number of sulfonamides is 2. The average molecular weight is 620 g/mol. The second kappa shape index (κ2) is 9.76. The number of hydrogen-bond donors (Lipinski definition) is 2. The Bertz CT molecular complexity index is 1710. The van der Waals surface area contributed by atoms with Gasteiger partial charge < -0.3 is 4.98 Å². The highest BCUT2D eigenvalue weighted by molar-refractivity contribution is 7.92. The van der Waals surface area contributed by atoms with Crippen molar-refractivity contribution < 1.29 is 51.6 Å². The molecule has 2 N–H and O–H groups in total. The van der Waals surface area contributed by atoms with Gasteiger partial charge in [0.1, 0.15) is 4.90 Å². The Hall–Kier alpha value is -2.67. The van der Waals surface area contributed by atoms with Crippen LogP contribution in [0.3, 0.4) is 0 Å². The molecular weight excluding hydrogens is 600 g/mol. The summed E-state index contributed by atoms with van der Waals surface area (Å²) in [6, 6.07) is 6.80. The van der Waals surface area contributed by atoms with E-state index in [4.69, 9.17) is 0 Å². The van der Waals surface area contributed by atoms with E-state index >= 15 is 0 Å². The van der Waals surface area contributed by atoms with E-state index in [9.17, 15) is 51.6 Å². The molecule has 39 heavy (non-hydrogen) atoms. The van der Waals surface area contributed by atoms with E-state index in [1.165, 1.54) is 30.3 Å². The van der Waals surface area contributed by atoms with Crippen LogP contribution in [0.15, 0.2) is 63.3 Å². The van der Waals surface area contributed by atoms with Crippen LogP contribution in [0.25, 0.3) is 10.9 Å². The summed E-state index contributed by atoms with van der Waals surface area (Å²) in [6.45, 7) is -1.37. The Morgan fingerprint density at radius 1 is 0.821 bits per heavy atom. The van der Waals surface area contributed by atoms with Crippen molar-refractivity contribution in [3.63, 3.8) is 0 Å². The zero-order chi connectivity index (χ0) is 29.0. The van der Waals surface area contributed by atoms with Crippen molar-refractivity contribution in [1.29, 1.82) is 0 Å². The number of rotatable bonds is 6. The van der Waals surface area contributed by atoms with Gasteiger partial charge in [-0.2, -0.15) is 30.6 Å². The molecule has 18 heteroatoms. The first-order valence-electron chi connectivity index (χ1n) is 11.0. The molecule has 0 amide bonds. The molecule has 1 aliphatic rings. The Morgan fingerprint density at radius 2 is 1.41 bits per heavy atom. The molecule has 1 fully saturated rings. The van der Waals surface area contributed by atoms with Gasteiger partial charge in [0.2, 0.25) is 19.9 Å². The van der Waals surface area contributed by atoms with Crippen molar-refractivity contribution in [3.05, 3.63) is 54.2 Å². The Morgan fingerprint density at radius 3 is 1.95 bits per heavy atom. The first kappa shape index (κ1) is 29.3. The lowest BCUT2D eigenvalue weighted by molar-refractivity contribution is -0.136. The van der Waals surface area contributed by atoms with Gasteiger partial charge in [0, 0.05) is 30.7 Å². The maximum atomic E-state index is 13.9. The fourth-order valence-corrected chi connectivity index (χ4v) is 8.16. The average Bonchev–Trinajstić information content (AvgIpc) is 3.29. The van der Waals surface area contributed by atoms with Gasteiger partial charge in [-0.3, -0.25) is 0 Å². The maximum absolute atomic E-state index is 13.9. The number of H-pyrrole nitrogens is 1. The minimum Gasteiger partial charge on any atom is -0.359 e. The van der Waals surface area contributed by atoms with Crippen molar-refractivity contribution in [2.75, 3.05) is 13.1 Å². The number of aromatic amines is 1. The van der Waals surface area contributed by atoms with Gasteiger partial charge in [-0.1, -0.05) is 18.2 Å². The first-order chi connectivity index (χ1) is 17.9. The quantitative estimate of drug-likeness (QED) is 0.405. The Kier molecular flexibility index (Phi) is 7.33. The van der Waals surface area contributed by atoms with Crippen LogP contribution in [0.4, 0.5) is 26.3 Å². The molecular formula is C21H19F6N3O6S3. The van der Waals surface area contributed by atoms with Crippen molar-refractivity contribution in [2.45, 2.75) is 45.3 Å². The lowest BCUT2D eigenvalue weighted by Gasteiger charge is -2.31. The molecule has 9 nitrogen and oxygen atoms in total. The molecule has 0 atom stereocenters. The van der Waals surface area contributed by atoms with Gasteiger partial charge in [0.25, 0.3) is 0 Å². The van der Waals surface area contributed by atoms with Gasteiger partial charge in [0.15, 0.2) is 0 Å². The van der Waals surface area contributed by atoms with E-state index in [-0.39, 0.29) is 9.20 Å². The molecule has 1 aliphatic heterocycles. The first-order valence-corrected chi connectivity index (χ1v) is 15.4. The number of aromatic nitrogens is 1. The molecule has 0 unspecified atom stereocenters. The van der Waals surface area contributed by atoms with Crippen molar-refractivity contribution in [2.24, 2.45) is 0 Å². The van der Waals surface area contributed by atoms with Crippen LogP contribution >= 0.6 is 0 Å². The molecule has 0 bridgehead atoms. The molecule has 0 saturated carbocycles. The normalized spacial score (nSPS) is 17.1. The predicted octanol–water partition coefficient (Wildman–Crippen LogP) is 3.61. The number of benzene rings is 2. The van der Waals surface area contributed by atoms with E-state index < -0.39 is 99.8 Å². The predicted molar refractivity (Wildman–Crippen MR) is 125 cm³/mol. The molecule has 1 saturated heterocycles. The third-order valence-electron chi connectivity index (χ3n) is 6.11. The second-order valence-electron chi connectivity index (χ2n) is 8.57. The van der Waals surface area contributed by atoms with Crippen LogP contribution in [-0.2, 0) is 36.1 Å². The smallest absolute Gasteiger partial charge is 0.359 e. The molecule has 3 aromatic rings. The van der Waals surface area contributed by atoms with E-state index in [2.05, 4.69) is 9.71 Å². The fourth-order valence-electron chi connectivity index (χ4n) is 4.23. The zero-order valence-corrected chi connectivity index (χ0v) is 21.9. The Labute approximate surface area is 218 Å². The molecule has 1 aromatic heterocycles. The van der Waals surface area contributed by atoms with Crippen LogP contribution in [0.5, 0.6) is 0 Å². The number of fused-ring (bicyclic) bond motifs is 1. The van der Waals surface area contributed by atoms with Crippen LogP contribution in [0.1, 0.15) is 18.4 Å². The highest BCUT2D eigenvalue weighted by Crippen LogP contribution is 2.41. The lowest BCUT2D eigenvalue weighted by Crippen LogP contribution is -2.49. The maximum Gasteiger partial charge on any atom is 0.511 e. The van der Waals surface area contributed by atoms with Crippen molar-refractivity contribution >= 4 is 40.8 Å². The summed E-state index contributed by atoms with van der Waals surface area (Å²) in [5, 5.41) is -0.941. The summed E-state index contributed by atoms with van der Waals surface area (Å²) in [5.74, 6) is 0. The Balaban J connectivity index is 1.73. The minimum atomic E-state index is -5.63. The molecule has 0 spiro atoms. The number of nitrogens with one attached hydrogen (secondary N) is 2. The highest BCUT2D eigenvalue weighted by Gasteiger charge is 2.50. The van der Waals surface area contributed by atoms with Crippen LogP contribution in [-0.4, -0.2) is 59.2 Å². The zero-order valence-electron chi connectivity index (χ0n) is 19.4. The number of halogens is 6. The number of sulfone groups is 1. The largest absolute Gasteiger partial charge is 0.511 e. The molecule has 4 rings (SSSR count). The number of piperidine rings is 1. The van der Waals surface area contributed by atoms with Crippen LogP contribution < -0.4 is 4.72 Å². The van der Waals surface area contributed by atoms with Crippen molar-refractivity contribution in [3.8, 4) is 0 Å². The van der Waals surface area contributed by atoms with Gasteiger partial charge in [-0.05, 0) is 37.1 Å². The van der Waals surface area contributed by atoms with E-state index in [1.54, 1.807) is 0 Å². The number of alkyl halides is 6. The summed E-state index contributed by atoms with van der Waals surface area (Å²) in [4.78, 5) is 0.537. The molecule has 214 valence electrons. The molecule has 0 aliphatic carbocycles. The van der Waals surface area contributed by atoms with E-state index in [0.717, 1.165) is 0 Å². The van der Waals surface area contributed by atoms with Crippen LogP contribution in [0.2, 0.25) is 0 Å². The van der Waals surface area contributed by atoms with Gasteiger partial charge in [-0.15, -0.1) is 0 Å². The number of hydrogen-bond acceptors (Lipinski definition) is 6. The minimum absolute atomic E-state index is 0.145. The highest BCUT2D eigenvalue weighted by atomic mass is 32.2. The fraction of sp³-hybridized carbons (Fsp3) is 0.333. The topological polar surface area (TPSA) is 133 Å². The second-order valence-corrected chi connectivity index (χ2v) is 14.1. The SMILES string of the molecule is O=S(=O)(NC1CCN(S(=O)(=O)C(F)(F)F)CC1)c1c[nH]c2c(S(=O)(=O)c3ccccc3)ccc(C(F)(F)F)c12. The van der Waals surface area contributed by atoms with E-state index in [1.807, 2.05) is 0 Å². The summed E-state index contributed by atoms with van der Waals surface area (Å²) in [6.07, 6.45) is -5.18. The molecule has 0 radical (unpaired) electrons. The molecule has 2 aromatic carbocycles. The lowest BCUT2D eigenvalue weighted by atomic mass is 10.1. The summed E-state index contributed by atoms with van der Waals surface area (Å²) in [7, 11) is -14.8. The number of nitrogens with zero attached hydrogens (tertiary/aromatic N) is 1. The summed E-state index contributed by atoms with van der Waals surface area (Å²) in [5.41, 5.74) is -7.59. The van der Waals surface area contributed by atoms with Crippen molar-refractivity contribution in [1.82, 2.24) is 14.0 Å².